The van der Waals surface area contributed by atoms with Crippen LogP contribution >= 0.6 is 15.9 Å². The van der Waals surface area contributed by atoms with Crippen molar-refractivity contribution in [3.8, 4) is 11.8 Å². The largest absolute Gasteiger partial charge is 0.478 e. The van der Waals surface area contributed by atoms with E-state index in [-0.39, 0.29) is 17.3 Å². The second-order valence-electron chi connectivity index (χ2n) is 3.59. The van der Waals surface area contributed by atoms with Crippen LogP contribution < -0.4 is 4.74 Å². The van der Waals surface area contributed by atoms with Gasteiger partial charge in [-0.2, -0.15) is 0 Å². The van der Waals surface area contributed by atoms with Crippen molar-refractivity contribution in [2.45, 2.75) is 6.92 Å². The Morgan fingerprint density at radius 2 is 2.00 bits per heavy atom. The van der Waals surface area contributed by atoms with Crippen LogP contribution in [0.1, 0.15) is 15.9 Å². The summed E-state index contributed by atoms with van der Waals surface area (Å²) in [5.41, 5.74) is 0.929. The van der Waals surface area contributed by atoms with E-state index in [4.69, 9.17) is 9.84 Å². The minimum Gasteiger partial charge on any atom is -0.478 e. The van der Waals surface area contributed by atoms with Crippen molar-refractivity contribution in [2.75, 3.05) is 0 Å². The van der Waals surface area contributed by atoms with Gasteiger partial charge in [-0.05, 0) is 35.0 Å². The van der Waals surface area contributed by atoms with Crippen LogP contribution in [0.25, 0.3) is 0 Å². The van der Waals surface area contributed by atoms with Crippen molar-refractivity contribution in [3.63, 3.8) is 0 Å². The van der Waals surface area contributed by atoms with Crippen molar-refractivity contribution in [1.29, 1.82) is 0 Å². The Morgan fingerprint density at radius 3 is 2.61 bits per heavy atom. The zero-order valence-corrected chi connectivity index (χ0v) is 11.0. The fourth-order valence-electron chi connectivity index (χ4n) is 1.35. The highest BCUT2D eigenvalue weighted by molar-refractivity contribution is 9.10. The van der Waals surface area contributed by atoms with Gasteiger partial charge in [0.2, 0.25) is 0 Å². The molecule has 0 saturated carbocycles. The highest BCUT2D eigenvalue weighted by Crippen LogP contribution is 2.24. The molecule has 6 heteroatoms. The van der Waals surface area contributed by atoms with Crippen molar-refractivity contribution in [3.05, 3.63) is 46.2 Å². The lowest BCUT2D eigenvalue weighted by Gasteiger charge is -2.07. The molecular weight excluding hydrogens is 300 g/mol. The fourth-order valence-corrected chi connectivity index (χ4v) is 1.56. The predicted octanol–water partition coefficient (Wildman–Crippen LogP) is 3.04. The lowest BCUT2D eigenvalue weighted by molar-refractivity contribution is 0.0694. The van der Waals surface area contributed by atoms with Crippen LogP contribution in [-0.2, 0) is 0 Å². The Bertz CT molecular complexity index is 584. The molecule has 0 atom stereocenters. The van der Waals surface area contributed by atoms with E-state index in [0.29, 0.717) is 0 Å². The Labute approximate surface area is 112 Å². The predicted molar refractivity (Wildman–Crippen MR) is 67.9 cm³/mol. The summed E-state index contributed by atoms with van der Waals surface area (Å²) in [7, 11) is 0. The summed E-state index contributed by atoms with van der Waals surface area (Å²) >= 11 is 3.20. The van der Waals surface area contributed by atoms with E-state index in [1.807, 2.05) is 6.92 Å². The molecule has 0 radical (unpaired) electrons. The Hall–Kier alpha value is -1.95. The SMILES string of the molecule is Cc1ccc(Oc2ncc(Br)cn2)c(C(=O)O)c1. The third kappa shape index (κ3) is 2.84. The average molecular weight is 309 g/mol. The summed E-state index contributed by atoms with van der Waals surface area (Å²) in [4.78, 5) is 18.9. The van der Waals surface area contributed by atoms with Crippen LogP contribution in [0.4, 0.5) is 0 Å². The van der Waals surface area contributed by atoms with Gasteiger partial charge in [0.15, 0.2) is 0 Å². The Kier molecular flexibility index (Phi) is 3.57. The standard InChI is InChI=1S/C12H9BrN2O3/c1-7-2-3-10(9(4-7)11(16)17)18-12-14-5-8(13)6-15-12/h2-6H,1H3,(H,16,17). The molecule has 0 aliphatic heterocycles. The number of hydrogen-bond acceptors (Lipinski definition) is 4. The van der Waals surface area contributed by atoms with Gasteiger partial charge in [-0.25, -0.2) is 14.8 Å². The fraction of sp³-hybridized carbons (Fsp3) is 0.0833. The number of rotatable bonds is 3. The third-order valence-electron chi connectivity index (χ3n) is 2.16. The molecule has 5 nitrogen and oxygen atoms in total. The number of carbonyl (C=O) groups is 1. The number of aromatic carboxylic acids is 1. The molecule has 1 aromatic heterocycles. The number of carboxylic acid groups (broad SMARTS) is 1. The maximum atomic E-state index is 11.1. The van der Waals surface area contributed by atoms with Crippen LogP contribution in [-0.4, -0.2) is 21.0 Å². The number of aryl methyl sites for hydroxylation is 1. The summed E-state index contributed by atoms with van der Waals surface area (Å²) in [6.45, 7) is 1.81. The normalized spacial score (nSPS) is 10.1. The van der Waals surface area contributed by atoms with Gasteiger partial charge in [-0.15, -0.1) is 0 Å². The van der Waals surface area contributed by atoms with Crippen molar-refractivity contribution in [2.24, 2.45) is 0 Å². The van der Waals surface area contributed by atoms with E-state index in [0.717, 1.165) is 10.0 Å². The molecular formula is C12H9BrN2O3. The lowest BCUT2D eigenvalue weighted by Crippen LogP contribution is -2.01. The van der Waals surface area contributed by atoms with Gasteiger partial charge in [0, 0.05) is 12.4 Å². The zero-order chi connectivity index (χ0) is 13.1. The molecule has 1 aromatic carbocycles. The summed E-state index contributed by atoms with van der Waals surface area (Å²) in [6, 6.07) is 4.99. The molecule has 18 heavy (non-hydrogen) atoms. The number of ether oxygens (including phenoxy) is 1. The average Bonchev–Trinajstić information content (AvgIpc) is 2.34. The van der Waals surface area contributed by atoms with Crippen LogP contribution in [0.5, 0.6) is 11.8 Å². The van der Waals surface area contributed by atoms with Crippen molar-refractivity contribution in [1.82, 2.24) is 9.97 Å². The summed E-state index contributed by atoms with van der Waals surface area (Å²) < 4.78 is 6.08. The zero-order valence-electron chi connectivity index (χ0n) is 9.42. The van der Waals surface area contributed by atoms with Crippen LogP contribution in [0.15, 0.2) is 35.1 Å². The molecule has 0 saturated heterocycles. The first-order chi connectivity index (χ1) is 8.56. The molecule has 0 spiro atoms. The molecule has 2 aromatic rings. The van der Waals surface area contributed by atoms with E-state index in [1.54, 1.807) is 12.1 Å². The van der Waals surface area contributed by atoms with Crippen molar-refractivity contribution >= 4 is 21.9 Å². The van der Waals surface area contributed by atoms with Crippen molar-refractivity contribution < 1.29 is 14.6 Å². The van der Waals surface area contributed by atoms with E-state index in [1.165, 1.54) is 18.5 Å². The number of hydrogen-bond donors (Lipinski definition) is 1. The van der Waals surface area contributed by atoms with Gasteiger partial charge in [0.05, 0.1) is 4.47 Å². The van der Waals surface area contributed by atoms with Gasteiger partial charge in [-0.1, -0.05) is 11.6 Å². The summed E-state index contributed by atoms with van der Waals surface area (Å²) in [6.07, 6.45) is 3.05. The Morgan fingerprint density at radius 1 is 1.33 bits per heavy atom. The number of halogens is 1. The van der Waals surface area contributed by atoms with Gasteiger partial charge >= 0.3 is 12.0 Å². The number of benzene rings is 1. The highest BCUT2D eigenvalue weighted by atomic mass is 79.9. The minimum atomic E-state index is -1.05. The maximum absolute atomic E-state index is 11.1. The van der Waals surface area contributed by atoms with Gasteiger partial charge in [0.25, 0.3) is 0 Å². The number of aromatic nitrogens is 2. The van der Waals surface area contributed by atoms with Gasteiger partial charge in [0.1, 0.15) is 11.3 Å². The smallest absolute Gasteiger partial charge is 0.339 e. The van der Waals surface area contributed by atoms with E-state index >= 15 is 0 Å². The topological polar surface area (TPSA) is 72.3 Å². The molecule has 1 N–H and O–H groups in total. The van der Waals surface area contributed by atoms with Gasteiger partial charge in [-0.3, -0.25) is 0 Å². The summed E-state index contributed by atoms with van der Waals surface area (Å²) in [5, 5.41) is 9.08. The molecule has 0 unspecified atom stereocenters. The molecule has 0 aliphatic carbocycles. The molecule has 0 amide bonds. The quantitative estimate of drug-likeness (QED) is 0.943. The maximum Gasteiger partial charge on any atom is 0.339 e. The lowest BCUT2D eigenvalue weighted by atomic mass is 10.1. The van der Waals surface area contributed by atoms with Crippen LogP contribution in [0.2, 0.25) is 0 Å². The Balaban J connectivity index is 2.34. The van der Waals surface area contributed by atoms with E-state index in [2.05, 4.69) is 25.9 Å². The second-order valence-corrected chi connectivity index (χ2v) is 4.51. The van der Waals surface area contributed by atoms with Crippen LogP contribution in [0, 0.1) is 6.92 Å². The van der Waals surface area contributed by atoms with E-state index < -0.39 is 5.97 Å². The van der Waals surface area contributed by atoms with Crippen LogP contribution in [0.3, 0.4) is 0 Å². The minimum absolute atomic E-state index is 0.0847. The number of carboxylic acids is 1. The molecule has 2 rings (SSSR count). The molecule has 1 heterocycles. The molecule has 0 fully saturated rings. The van der Waals surface area contributed by atoms with Gasteiger partial charge < -0.3 is 9.84 Å². The molecule has 0 aliphatic rings. The van der Waals surface area contributed by atoms with E-state index in [9.17, 15) is 4.79 Å². The first-order valence-corrected chi connectivity index (χ1v) is 5.85. The third-order valence-corrected chi connectivity index (χ3v) is 2.57. The monoisotopic (exact) mass is 308 g/mol. The first kappa shape index (κ1) is 12.5. The highest BCUT2D eigenvalue weighted by Gasteiger charge is 2.13. The first-order valence-electron chi connectivity index (χ1n) is 5.05. The summed E-state index contributed by atoms with van der Waals surface area (Å²) in [5.74, 6) is -0.832. The molecule has 0 bridgehead atoms. The molecule has 92 valence electrons. The second kappa shape index (κ2) is 5.14. The number of nitrogens with zero attached hydrogens (tertiary/aromatic N) is 2.